The van der Waals surface area contributed by atoms with Crippen molar-refractivity contribution in [1.29, 1.82) is 0 Å². The number of hydrogen-bond donors (Lipinski definition) is 1. The number of esters is 1. The Morgan fingerprint density at radius 2 is 2.24 bits per heavy atom. The molecule has 0 atom stereocenters. The number of hydrogen-bond acceptors (Lipinski definition) is 5. The Labute approximate surface area is 97.7 Å². The molecule has 0 saturated carbocycles. The number of carbonyl (C=O) groups is 1. The van der Waals surface area contributed by atoms with E-state index >= 15 is 0 Å². The zero-order valence-electron chi connectivity index (χ0n) is 9.31. The number of benzene rings is 1. The maximum Gasteiger partial charge on any atom is 0.384 e. The average molecular weight is 234 g/mol. The molecule has 1 N–H and O–H groups in total. The van der Waals surface area contributed by atoms with E-state index in [9.17, 15) is 14.9 Å². The standard InChI is InChI=1S/C11H10N2O4/c1-12-9-5-3-8(4-6-11(14)17-2)7-10(9)13(15)16/h3,5,7,12H,1-2H3. The summed E-state index contributed by atoms with van der Waals surface area (Å²) < 4.78 is 4.34. The van der Waals surface area contributed by atoms with Crippen LogP contribution in [0, 0.1) is 22.0 Å². The van der Waals surface area contributed by atoms with Gasteiger partial charge >= 0.3 is 5.97 Å². The zero-order chi connectivity index (χ0) is 12.8. The van der Waals surface area contributed by atoms with Crippen LogP contribution in [-0.2, 0) is 9.53 Å². The molecule has 17 heavy (non-hydrogen) atoms. The van der Waals surface area contributed by atoms with Crippen LogP contribution < -0.4 is 5.32 Å². The van der Waals surface area contributed by atoms with Crippen LogP contribution in [0.2, 0.25) is 0 Å². The number of nitrogens with zero attached hydrogens (tertiary/aromatic N) is 1. The van der Waals surface area contributed by atoms with Crippen LogP contribution in [-0.4, -0.2) is 25.1 Å². The molecule has 0 bridgehead atoms. The lowest BCUT2D eigenvalue weighted by molar-refractivity contribution is -0.384. The summed E-state index contributed by atoms with van der Waals surface area (Å²) in [4.78, 5) is 21.0. The maximum atomic E-state index is 10.8. The van der Waals surface area contributed by atoms with Crippen LogP contribution in [0.1, 0.15) is 5.56 Å². The third-order valence-corrected chi connectivity index (χ3v) is 1.96. The molecule has 0 amide bonds. The smallest absolute Gasteiger partial charge is 0.384 e. The number of anilines is 1. The normalized spacial score (nSPS) is 8.82. The second kappa shape index (κ2) is 5.51. The number of nitro groups is 1. The lowest BCUT2D eigenvalue weighted by Gasteiger charge is -2.01. The van der Waals surface area contributed by atoms with Crippen LogP contribution in [0.3, 0.4) is 0 Å². The molecule has 88 valence electrons. The zero-order valence-corrected chi connectivity index (χ0v) is 9.31. The first-order valence-corrected chi connectivity index (χ1v) is 4.64. The molecule has 0 saturated heterocycles. The minimum atomic E-state index is -0.689. The van der Waals surface area contributed by atoms with Crippen molar-refractivity contribution in [2.75, 3.05) is 19.5 Å². The summed E-state index contributed by atoms with van der Waals surface area (Å²) in [6.45, 7) is 0. The van der Waals surface area contributed by atoms with Crippen LogP contribution >= 0.6 is 0 Å². The summed E-state index contributed by atoms with van der Waals surface area (Å²) in [5, 5.41) is 13.5. The molecule has 0 aromatic heterocycles. The summed E-state index contributed by atoms with van der Waals surface area (Å²) in [5.74, 6) is 3.99. The summed E-state index contributed by atoms with van der Waals surface area (Å²) in [5.41, 5.74) is 0.670. The van der Waals surface area contributed by atoms with Crippen molar-refractivity contribution >= 4 is 17.3 Å². The van der Waals surface area contributed by atoms with Gasteiger partial charge in [0.1, 0.15) is 5.69 Å². The highest BCUT2D eigenvalue weighted by atomic mass is 16.6. The van der Waals surface area contributed by atoms with E-state index < -0.39 is 10.9 Å². The number of nitro benzene ring substituents is 1. The number of nitrogens with one attached hydrogen (secondary N) is 1. The minimum absolute atomic E-state index is 0.0934. The molecule has 0 radical (unpaired) electrons. The van der Waals surface area contributed by atoms with E-state index in [0.29, 0.717) is 11.3 Å². The lowest BCUT2D eigenvalue weighted by Crippen LogP contribution is -1.97. The predicted molar refractivity (Wildman–Crippen MR) is 61.5 cm³/mol. The van der Waals surface area contributed by atoms with Gasteiger partial charge in [-0.15, -0.1) is 0 Å². The van der Waals surface area contributed by atoms with E-state index in [2.05, 4.69) is 21.9 Å². The maximum absolute atomic E-state index is 10.8. The van der Waals surface area contributed by atoms with Gasteiger partial charge < -0.3 is 10.1 Å². The molecular weight excluding hydrogens is 224 g/mol. The molecule has 0 spiro atoms. The van der Waals surface area contributed by atoms with E-state index in [1.807, 2.05) is 0 Å². The molecule has 0 aliphatic rings. The topological polar surface area (TPSA) is 81.5 Å². The van der Waals surface area contributed by atoms with Crippen molar-refractivity contribution < 1.29 is 14.5 Å². The Bertz CT molecular complexity index is 514. The van der Waals surface area contributed by atoms with Gasteiger partial charge in [0, 0.05) is 24.6 Å². The minimum Gasteiger partial charge on any atom is -0.459 e. The second-order valence-electron chi connectivity index (χ2n) is 2.98. The molecular formula is C11H10N2O4. The van der Waals surface area contributed by atoms with Gasteiger partial charge in [0.25, 0.3) is 5.69 Å². The highest BCUT2D eigenvalue weighted by Gasteiger charge is 2.12. The number of rotatable bonds is 2. The number of ether oxygens (including phenoxy) is 1. The fraction of sp³-hybridized carbons (Fsp3) is 0.182. The SMILES string of the molecule is CNc1ccc(C#CC(=O)OC)cc1[N+](=O)[O-]. The molecule has 0 heterocycles. The largest absolute Gasteiger partial charge is 0.459 e. The van der Waals surface area contributed by atoms with Crippen molar-refractivity contribution in [3.8, 4) is 11.8 Å². The highest BCUT2D eigenvalue weighted by Crippen LogP contribution is 2.24. The molecule has 1 aromatic carbocycles. The average Bonchev–Trinajstić information content (AvgIpc) is 2.35. The second-order valence-corrected chi connectivity index (χ2v) is 2.98. The van der Waals surface area contributed by atoms with Gasteiger partial charge in [-0.2, -0.15) is 0 Å². The third-order valence-electron chi connectivity index (χ3n) is 1.96. The Morgan fingerprint density at radius 1 is 1.53 bits per heavy atom. The fourth-order valence-electron chi connectivity index (χ4n) is 1.15. The Kier molecular flexibility index (Phi) is 4.06. The molecule has 0 unspecified atom stereocenters. The first kappa shape index (κ1) is 12.5. The number of carbonyl (C=O) groups excluding carboxylic acids is 1. The van der Waals surface area contributed by atoms with E-state index in [-0.39, 0.29) is 5.69 Å². The highest BCUT2D eigenvalue weighted by molar-refractivity contribution is 5.89. The fourth-order valence-corrected chi connectivity index (χ4v) is 1.15. The van der Waals surface area contributed by atoms with Crippen LogP contribution in [0.5, 0.6) is 0 Å². The summed E-state index contributed by atoms with van der Waals surface area (Å²) in [6, 6.07) is 4.40. The van der Waals surface area contributed by atoms with Gasteiger partial charge in [-0.3, -0.25) is 10.1 Å². The van der Waals surface area contributed by atoms with Gasteiger partial charge in [-0.05, 0) is 12.1 Å². The van der Waals surface area contributed by atoms with E-state index in [4.69, 9.17) is 0 Å². The van der Waals surface area contributed by atoms with Gasteiger partial charge in [0.2, 0.25) is 0 Å². The number of methoxy groups -OCH3 is 1. The van der Waals surface area contributed by atoms with Crippen molar-refractivity contribution in [2.45, 2.75) is 0 Å². The van der Waals surface area contributed by atoms with Crippen molar-refractivity contribution in [3.05, 3.63) is 33.9 Å². The first-order valence-electron chi connectivity index (χ1n) is 4.64. The Hall–Kier alpha value is -2.55. The van der Waals surface area contributed by atoms with Crippen molar-refractivity contribution in [3.63, 3.8) is 0 Å². The summed E-state index contributed by atoms with van der Waals surface area (Å²) in [6.07, 6.45) is 0. The van der Waals surface area contributed by atoms with Crippen molar-refractivity contribution in [1.82, 2.24) is 0 Å². The van der Waals surface area contributed by atoms with E-state index in [1.54, 1.807) is 13.1 Å². The summed E-state index contributed by atoms with van der Waals surface area (Å²) >= 11 is 0. The molecule has 1 aromatic rings. The summed E-state index contributed by atoms with van der Waals surface area (Å²) in [7, 11) is 2.80. The van der Waals surface area contributed by atoms with Gasteiger partial charge in [-0.25, -0.2) is 4.79 Å². The molecule has 1 rings (SSSR count). The van der Waals surface area contributed by atoms with Crippen LogP contribution in [0.15, 0.2) is 18.2 Å². The Morgan fingerprint density at radius 3 is 2.76 bits per heavy atom. The lowest BCUT2D eigenvalue weighted by atomic mass is 10.2. The third kappa shape index (κ3) is 3.21. The monoisotopic (exact) mass is 234 g/mol. The molecule has 0 aliphatic heterocycles. The van der Waals surface area contributed by atoms with E-state index in [1.165, 1.54) is 19.2 Å². The van der Waals surface area contributed by atoms with Gasteiger partial charge in [0.05, 0.1) is 12.0 Å². The van der Waals surface area contributed by atoms with Gasteiger partial charge in [0.15, 0.2) is 0 Å². The van der Waals surface area contributed by atoms with Crippen LogP contribution in [0.4, 0.5) is 11.4 Å². The predicted octanol–water partition coefficient (Wildman–Crippen LogP) is 1.16. The molecule has 6 nitrogen and oxygen atoms in total. The first-order chi connectivity index (χ1) is 8.08. The molecule has 6 heteroatoms. The molecule has 0 fully saturated rings. The van der Waals surface area contributed by atoms with Crippen LogP contribution in [0.25, 0.3) is 0 Å². The molecule has 0 aliphatic carbocycles. The van der Waals surface area contributed by atoms with E-state index in [0.717, 1.165) is 0 Å². The van der Waals surface area contributed by atoms with Crippen molar-refractivity contribution in [2.24, 2.45) is 0 Å². The quantitative estimate of drug-likeness (QED) is 0.359. The van der Waals surface area contributed by atoms with Gasteiger partial charge in [-0.1, -0.05) is 5.92 Å². The Balaban J connectivity index is 3.11.